The van der Waals surface area contributed by atoms with E-state index in [9.17, 15) is 14.0 Å². The highest BCUT2D eigenvalue weighted by molar-refractivity contribution is 6.14. The molecule has 1 aliphatic heterocycles. The van der Waals surface area contributed by atoms with Crippen molar-refractivity contribution in [3.63, 3.8) is 0 Å². The molecule has 2 aliphatic rings. The van der Waals surface area contributed by atoms with Gasteiger partial charge in [0.2, 0.25) is 0 Å². The summed E-state index contributed by atoms with van der Waals surface area (Å²) in [6, 6.07) is 13.5. The molecule has 1 fully saturated rings. The summed E-state index contributed by atoms with van der Waals surface area (Å²) in [5.74, 6) is -1.29. The second-order valence-electron chi connectivity index (χ2n) is 7.70. The lowest BCUT2D eigenvalue weighted by atomic mass is 9.68. The summed E-state index contributed by atoms with van der Waals surface area (Å²) >= 11 is 0. The van der Waals surface area contributed by atoms with Gasteiger partial charge >= 0.3 is 0 Å². The molecule has 0 spiro atoms. The average Bonchev–Trinajstić information content (AvgIpc) is 2.69. The Morgan fingerprint density at radius 3 is 2.48 bits per heavy atom. The normalized spacial score (nSPS) is 21.5. The Morgan fingerprint density at radius 1 is 1.03 bits per heavy atom. The number of aryl methyl sites for hydroxylation is 1. The number of hydrogen-bond donors (Lipinski definition) is 1. The van der Waals surface area contributed by atoms with Gasteiger partial charge in [-0.05, 0) is 62.1 Å². The van der Waals surface area contributed by atoms with Crippen LogP contribution in [0.3, 0.4) is 0 Å². The second-order valence-corrected chi connectivity index (χ2v) is 7.70. The maximum absolute atomic E-state index is 13.3. The van der Waals surface area contributed by atoms with Crippen LogP contribution in [0.5, 0.6) is 0 Å². The van der Waals surface area contributed by atoms with Crippen molar-refractivity contribution in [2.45, 2.75) is 39.0 Å². The highest BCUT2D eigenvalue weighted by atomic mass is 19.1. The fraction of sp³-hybridized carbons (Fsp3) is 0.292. The Labute approximate surface area is 169 Å². The number of aliphatic imine (C=N–C) groups is 1. The van der Waals surface area contributed by atoms with Gasteiger partial charge in [0, 0.05) is 35.0 Å². The van der Waals surface area contributed by atoms with E-state index < -0.39 is 5.92 Å². The van der Waals surface area contributed by atoms with Crippen molar-refractivity contribution in [3.05, 3.63) is 76.7 Å². The molecule has 1 aliphatic carbocycles. The van der Waals surface area contributed by atoms with Crippen molar-refractivity contribution in [3.8, 4) is 0 Å². The fourth-order valence-corrected chi connectivity index (χ4v) is 4.42. The van der Waals surface area contributed by atoms with E-state index in [2.05, 4.69) is 10.3 Å². The Morgan fingerprint density at radius 2 is 1.76 bits per heavy atom. The van der Waals surface area contributed by atoms with Crippen LogP contribution in [0, 0.1) is 18.7 Å². The summed E-state index contributed by atoms with van der Waals surface area (Å²) < 4.78 is 13.2. The molecule has 0 bridgehead atoms. The summed E-state index contributed by atoms with van der Waals surface area (Å²) in [5.41, 5.74) is 4.54. The monoisotopic (exact) mass is 390 g/mol. The number of hydrogen-bond acceptors (Lipinski definition) is 3. The number of fused-ring (bicyclic) bond motifs is 1. The lowest BCUT2D eigenvalue weighted by Gasteiger charge is -2.36. The van der Waals surface area contributed by atoms with Crippen LogP contribution in [-0.4, -0.2) is 17.4 Å². The molecule has 2 aromatic carbocycles. The molecular formula is C24H23FN2O2. The molecule has 1 heterocycles. The van der Waals surface area contributed by atoms with Gasteiger partial charge in [0.1, 0.15) is 11.6 Å². The van der Waals surface area contributed by atoms with Crippen LogP contribution in [0.15, 0.2) is 64.8 Å². The molecule has 0 saturated heterocycles. The Balaban J connectivity index is 1.80. The van der Waals surface area contributed by atoms with Crippen molar-refractivity contribution in [1.82, 2.24) is 0 Å². The number of ketones is 1. The average molecular weight is 390 g/mol. The van der Waals surface area contributed by atoms with Crippen molar-refractivity contribution in [1.29, 1.82) is 0 Å². The van der Waals surface area contributed by atoms with Crippen LogP contribution < -0.4 is 5.32 Å². The number of anilines is 1. The third-order valence-corrected chi connectivity index (χ3v) is 5.78. The zero-order valence-electron chi connectivity index (χ0n) is 16.5. The molecule has 1 N–H and O–H groups in total. The van der Waals surface area contributed by atoms with Gasteiger partial charge < -0.3 is 5.32 Å². The van der Waals surface area contributed by atoms with E-state index in [1.54, 1.807) is 0 Å². The number of benzene rings is 2. The molecule has 0 aromatic heterocycles. The molecule has 4 rings (SSSR count). The van der Waals surface area contributed by atoms with Gasteiger partial charge in [-0.3, -0.25) is 14.6 Å². The number of carbonyl (C=O) groups is 2. The smallest absolute Gasteiger partial charge is 0.254 e. The minimum absolute atomic E-state index is 0.142. The molecule has 2 atom stereocenters. The summed E-state index contributed by atoms with van der Waals surface area (Å²) in [6.07, 6.45) is 2.10. The van der Waals surface area contributed by atoms with E-state index in [0.717, 1.165) is 29.7 Å². The summed E-state index contributed by atoms with van der Waals surface area (Å²) in [4.78, 5) is 30.9. The number of allylic oxidation sites excluding steroid dienone is 1. The van der Waals surface area contributed by atoms with Gasteiger partial charge in [-0.1, -0.05) is 24.3 Å². The lowest BCUT2D eigenvalue weighted by molar-refractivity contribution is -0.122. The van der Waals surface area contributed by atoms with Crippen LogP contribution in [0.2, 0.25) is 0 Å². The molecule has 0 radical (unpaired) electrons. The first kappa shape index (κ1) is 19.2. The lowest BCUT2D eigenvalue weighted by Crippen LogP contribution is -2.40. The molecule has 29 heavy (non-hydrogen) atoms. The predicted molar refractivity (Wildman–Crippen MR) is 111 cm³/mol. The van der Waals surface area contributed by atoms with Gasteiger partial charge in [-0.2, -0.15) is 0 Å². The topological polar surface area (TPSA) is 58.5 Å². The summed E-state index contributed by atoms with van der Waals surface area (Å²) in [6.45, 7) is 3.83. The zero-order valence-corrected chi connectivity index (χ0v) is 16.5. The first-order valence-corrected chi connectivity index (χ1v) is 9.89. The van der Waals surface area contributed by atoms with Gasteiger partial charge in [-0.15, -0.1) is 0 Å². The first-order valence-electron chi connectivity index (χ1n) is 9.89. The number of Topliss-reactive ketones (excluding diaryl/α,β-unsaturated/α-hetero) is 1. The fourth-order valence-electron chi connectivity index (χ4n) is 4.42. The largest absolute Gasteiger partial charge is 0.322 e. The highest BCUT2D eigenvalue weighted by Crippen LogP contribution is 2.43. The molecule has 5 heteroatoms. The minimum Gasteiger partial charge on any atom is -0.322 e. The van der Waals surface area contributed by atoms with Crippen molar-refractivity contribution < 1.29 is 14.0 Å². The molecule has 148 valence electrons. The Bertz CT molecular complexity index is 1040. The van der Waals surface area contributed by atoms with Crippen LogP contribution in [-0.2, 0) is 9.59 Å². The molecular weight excluding hydrogens is 367 g/mol. The number of halogens is 1. The highest BCUT2D eigenvalue weighted by Gasteiger charge is 2.43. The van der Waals surface area contributed by atoms with Gasteiger partial charge in [0.05, 0.1) is 5.92 Å². The van der Waals surface area contributed by atoms with Crippen molar-refractivity contribution in [2.24, 2.45) is 10.9 Å². The SMILES string of the molecule is CC1=C(C(=O)Nc2ccc(F)cc2)C(c2ccccc2C)C2C(=O)CCCC2=N1. The van der Waals surface area contributed by atoms with Gasteiger partial charge in [0.25, 0.3) is 5.91 Å². The van der Waals surface area contributed by atoms with E-state index in [1.165, 1.54) is 24.3 Å². The molecule has 2 unspecified atom stereocenters. The number of amides is 1. The summed E-state index contributed by atoms with van der Waals surface area (Å²) in [5, 5.41) is 2.85. The predicted octanol–water partition coefficient (Wildman–Crippen LogP) is 4.95. The Kier molecular flexibility index (Phi) is 5.14. The third-order valence-electron chi connectivity index (χ3n) is 5.78. The van der Waals surface area contributed by atoms with Crippen LogP contribution in [0.4, 0.5) is 10.1 Å². The maximum Gasteiger partial charge on any atom is 0.254 e. The molecule has 4 nitrogen and oxygen atoms in total. The van der Waals surface area contributed by atoms with Gasteiger partial charge in [0.15, 0.2) is 0 Å². The standard InChI is InChI=1S/C24H23FN2O2/c1-14-6-3-4-7-18(14)22-21(24(29)27-17-12-10-16(25)11-13-17)15(2)26-19-8-5-9-20(28)23(19)22/h3-4,6-7,10-13,22-23H,5,8-9H2,1-2H3,(H,27,29). The number of nitrogens with zero attached hydrogens (tertiary/aromatic N) is 1. The van der Waals surface area contributed by atoms with Crippen LogP contribution in [0.1, 0.15) is 43.2 Å². The molecule has 1 amide bonds. The van der Waals surface area contributed by atoms with Crippen LogP contribution >= 0.6 is 0 Å². The van der Waals surface area contributed by atoms with Crippen molar-refractivity contribution >= 4 is 23.1 Å². The first-order chi connectivity index (χ1) is 14.0. The van der Waals surface area contributed by atoms with Crippen LogP contribution in [0.25, 0.3) is 0 Å². The third kappa shape index (κ3) is 3.65. The Hall–Kier alpha value is -3.08. The van der Waals surface area contributed by atoms with E-state index in [0.29, 0.717) is 23.4 Å². The maximum atomic E-state index is 13.3. The number of rotatable bonds is 3. The second kappa shape index (κ2) is 7.74. The number of nitrogens with one attached hydrogen (secondary N) is 1. The summed E-state index contributed by atoms with van der Waals surface area (Å²) in [7, 11) is 0. The quantitative estimate of drug-likeness (QED) is 0.806. The zero-order chi connectivity index (χ0) is 20.5. The number of carbonyl (C=O) groups excluding carboxylic acids is 2. The van der Waals surface area contributed by atoms with E-state index in [4.69, 9.17) is 0 Å². The van der Waals surface area contributed by atoms with Gasteiger partial charge in [-0.25, -0.2) is 4.39 Å². The van der Waals surface area contributed by atoms with E-state index in [-0.39, 0.29) is 23.4 Å². The molecule has 2 aromatic rings. The molecule has 1 saturated carbocycles. The van der Waals surface area contributed by atoms with E-state index in [1.807, 2.05) is 38.1 Å². The van der Waals surface area contributed by atoms with E-state index >= 15 is 0 Å². The van der Waals surface area contributed by atoms with Crippen molar-refractivity contribution in [2.75, 3.05) is 5.32 Å². The minimum atomic E-state index is -0.400.